The number of hydrogen-bond acceptors (Lipinski definition) is 7. The maximum Gasteiger partial charge on any atom is 0.251 e. The van der Waals surface area contributed by atoms with Crippen molar-refractivity contribution in [1.29, 1.82) is 0 Å². The van der Waals surface area contributed by atoms with E-state index in [1.807, 2.05) is 52.1 Å². The van der Waals surface area contributed by atoms with Gasteiger partial charge in [0.15, 0.2) is 0 Å². The lowest BCUT2D eigenvalue weighted by Crippen LogP contribution is -2.45. The van der Waals surface area contributed by atoms with Crippen LogP contribution < -0.4 is 15.5 Å². The van der Waals surface area contributed by atoms with E-state index < -0.39 is 6.67 Å². The highest BCUT2D eigenvalue weighted by Gasteiger charge is 2.24. The van der Waals surface area contributed by atoms with Crippen molar-refractivity contribution in [1.82, 2.24) is 30.4 Å². The quantitative estimate of drug-likeness (QED) is 0.132. The Hall–Kier alpha value is -4.38. The number of rotatable bonds is 13. The minimum absolute atomic E-state index is 0.0525. The number of likely N-dealkylation sites (tertiary alicyclic amines) is 1. The molecule has 0 spiro atoms. The highest BCUT2D eigenvalue weighted by atomic mass is 35.5. The van der Waals surface area contributed by atoms with Crippen molar-refractivity contribution in [3.05, 3.63) is 114 Å². The third-order valence-electron chi connectivity index (χ3n) is 9.56. The van der Waals surface area contributed by atoms with Crippen LogP contribution >= 0.6 is 11.6 Å². The number of carbonyl (C=O) groups is 2. The van der Waals surface area contributed by atoms with Gasteiger partial charge in [0.05, 0.1) is 0 Å². The number of aromatic nitrogens is 2. The molecule has 312 valence electrons. The Balaban J connectivity index is 0.000000557. The van der Waals surface area contributed by atoms with Gasteiger partial charge in [-0.1, -0.05) is 69.3 Å². The molecule has 2 N–H and O–H groups in total. The predicted octanol–water partition coefficient (Wildman–Crippen LogP) is 9.23. The molecule has 0 atom stereocenters. The maximum absolute atomic E-state index is 13.2. The molecule has 0 aliphatic carbocycles. The van der Waals surface area contributed by atoms with E-state index in [4.69, 9.17) is 16.6 Å². The third-order valence-corrected chi connectivity index (χ3v) is 9.88. The Morgan fingerprint density at radius 1 is 1.02 bits per heavy atom. The number of hydrogen-bond donors (Lipinski definition) is 2. The van der Waals surface area contributed by atoms with E-state index in [1.165, 1.54) is 23.6 Å². The molecule has 2 saturated heterocycles. The van der Waals surface area contributed by atoms with Gasteiger partial charge in [0.2, 0.25) is 5.91 Å². The molecule has 0 unspecified atom stereocenters. The maximum atomic E-state index is 13.2. The second-order valence-corrected chi connectivity index (χ2v) is 14.6. The van der Waals surface area contributed by atoms with Crippen LogP contribution in [0.5, 0.6) is 0 Å². The molecular weight excluding hydrogens is 737 g/mol. The fourth-order valence-electron chi connectivity index (χ4n) is 6.88. The predicted molar refractivity (Wildman–Crippen MR) is 238 cm³/mol. The summed E-state index contributed by atoms with van der Waals surface area (Å²) in [5, 5.41) is 6.88. The fourth-order valence-corrected chi connectivity index (χ4v) is 7.19. The lowest BCUT2D eigenvalue weighted by molar-refractivity contribution is -0.120. The molecule has 11 heteroatoms. The van der Waals surface area contributed by atoms with E-state index in [0.717, 1.165) is 94.0 Å². The van der Waals surface area contributed by atoms with E-state index >= 15 is 0 Å². The van der Waals surface area contributed by atoms with Crippen molar-refractivity contribution in [3.63, 3.8) is 0 Å². The molecule has 2 aliphatic rings. The summed E-state index contributed by atoms with van der Waals surface area (Å²) in [6, 6.07) is 12.1. The zero-order chi connectivity index (χ0) is 42.2. The van der Waals surface area contributed by atoms with Gasteiger partial charge in [0, 0.05) is 98.6 Å². The van der Waals surface area contributed by atoms with Gasteiger partial charge in [0.25, 0.3) is 5.91 Å². The summed E-state index contributed by atoms with van der Waals surface area (Å²) in [7, 11) is 2.12. The van der Waals surface area contributed by atoms with Crippen LogP contribution in [-0.2, 0) is 11.3 Å². The molecule has 0 bridgehead atoms. The molecule has 3 aromatic rings. The normalized spacial score (nSPS) is 14.7. The number of halogens is 2. The number of pyridine rings is 2. The molecule has 9 nitrogen and oxygen atoms in total. The van der Waals surface area contributed by atoms with Gasteiger partial charge in [-0.15, -0.1) is 6.58 Å². The summed E-state index contributed by atoms with van der Waals surface area (Å²) in [6.45, 7) is 25.0. The van der Waals surface area contributed by atoms with E-state index in [1.54, 1.807) is 31.5 Å². The van der Waals surface area contributed by atoms with Gasteiger partial charge in [0.1, 0.15) is 12.5 Å². The van der Waals surface area contributed by atoms with E-state index in [2.05, 4.69) is 75.7 Å². The van der Waals surface area contributed by atoms with Crippen molar-refractivity contribution < 1.29 is 14.0 Å². The zero-order valence-corrected chi connectivity index (χ0v) is 36.3. The number of alkyl halides is 1. The van der Waals surface area contributed by atoms with E-state index in [0.29, 0.717) is 16.6 Å². The van der Waals surface area contributed by atoms with Crippen LogP contribution in [0.15, 0.2) is 91.9 Å². The first-order chi connectivity index (χ1) is 27.5. The van der Waals surface area contributed by atoms with Gasteiger partial charge in [-0.3, -0.25) is 19.5 Å². The fraction of sp³-hybridized carbons (Fsp3) is 0.478. The monoisotopic (exact) mass is 804 g/mol. The molecule has 5 rings (SSSR count). The van der Waals surface area contributed by atoms with Gasteiger partial charge in [-0.2, -0.15) is 0 Å². The molecule has 0 radical (unpaired) electrons. The van der Waals surface area contributed by atoms with Crippen LogP contribution in [0.25, 0.3) is 11.1 Å². The average Bonchev–Trinajstić information content (AvgIpc) is 3.21. The standard InChI is InChI=1S/C31H37ClN6O2.C10H19N.C3H5F.C2H6/c1-21-27(6-7-28(32)30(21)24-4-3-13-33-19-24)31(40)36-26-11-16-38(17-12-26)29-8-5-23(18-34-29)20-37-14-9-25(10-15-37)35-22(2)39;1-5-7-10(3)9-11(4)8-6-2;1-2-3-4;1-2/h3-8,13,18-19,25-26H,9-12,14-17,20H2,1-2H3,(H,35,39)(H,36,40);5,7H,3,6,8-9H2,1-2,4H3;2H,1,3H2;1-2H3/b;7-5-;;. The molecule has 57 heavy (non-hydrogen) atoms. The first kappa shape index (κ1) is 48.8. The Morgan fingerprint density at radius 2 is 1.67 bits per heavy atom. The molecule has 2 fully saturated rings. The smallest absolute Gasteiger partial charge is 0.251 e. The van der Waals surface area contributed by atoms with Gasteiger partial charge >= 0.3 is 0 Å². The first-order valence-electron chi connectivity index (χ1n) is 20.3. The number of amides is 2. The molecular formula is C46H67ClFN7O2. The van der Waals surface area contributed by atoms with Crippen molar-refractivity contribution in [2.75, 3.05) is 57.9 Å². The van der Waals surface area contributed by atoms with Gasteiger partial charge in [-0.25, -0.2) is 9.37 Å². The van der Waals surface area contributed by atoms with Crippen molar-refractivity contribution >= 4 is 29.2 Å². The number of anilines is 1. The SMILES string of the molecule is C=C(/C=C\C)CN(C)CCC.C=CCF.CC.CC(=O)NC1CCN(Cc2ccc(N3CCC(NC(=O)c4ccc(Cl)c(-c5cccnc5)c4C)CC3)nc2)CC1. The van der Waals surface area contributed by atoms with E-state index in [9.17, 15) is 14.0 Å². The third kappa shape index (κ3) is 17.3. The molecule has 4 heterocycles. The lowest BCUT2D eigenvalue weighted by atomic mass is 9.96. The van der Waals surface area contributed by atoms with Crippen LogP contribution in [-0.4, -0.2) is 96.7 Å². The minimum atomic E-state index is -0.417. The van der Waals surface area contributed by atoms with Crippen LogP contribution in [0.3, 0.4) is 0 Å². The van der Waals surface area contributed by atoms with Crippen LogP contribution in [0, 0.1) is 6.92 Å². The van der Waals surface area contributed by atoms with Crippen molar-refractivity contribution in [2.45, 2.75) is 92.3 Å². The summed E-state index contributed by atoms with van der Waals surface area (Å²) < 4.78 is 10.6. The van der Waals surface area contributed by atoms with Gasteiger partial charge < -0.3 is 20.4 Å². The lowest BCUT2D eigenvalue weighted by Gasteiger charge is -2.34. The number of nitrogens with zero attached hydrogens (tertiary/aromatic N) is 5. The topological polar surface area (TPSA) is 93.7 Å². The number of allylic oxidation sites excluding steroid dienone is 2. The summed E-state index contributed by atoms with van der Waals surface area (Å²) >= 11 is 6.50. The summed E-state index contributed by atoms with van der Waals surface area (Å²) in [5.41, 5.74) is 5.63. The number of piperidine rings is 2. The van der Waals surface area contributed by atoms with Crippen LogP contribution in [0.4, 0.5) is 10.2 Å². The largest absolute Gasteiger partial charge is 0.356 e. The van der Waals surface area contributed by atoms with Crippen LogP contribution in [0.1, 0.15) is 88.2 Å². The summed E-state index contributed by atoms with van der Waals surface area (Å²) in [4.78, 5) is 40.5. The Kier molecular flexibility index (Phi) is 23.3. The first-order valence-corrected chi connectivity index (χ1v) is 20.7. The second-order valence-electron chi connectivity index (χ2n) is 14.2. The van der Waals surface area contributed by atoms with Gasteiger partial charge in [-0.05, 0) is 101 Å². The highest BCUT2D eigenvalue weighted by molar-refractivity contribution is 6.33. The second kappa shape index (κ2) is 27.3. The van der Waals surface area contributed by atoms with Crippen molar-refractivity contribution in [3.8, 4) is 11.1 Å². The zero-order valence-electron chi connectivity index (χ0n) is 35.5. The highest BCUT2D eigenvalue weighted by Crippen LogP contribution is 2.33. The Morgan fingerprint density at radius 3 is 2.21 bits per heavy atom. The number of nitrogens with one attached hydrogen (secondary N) is 2. The molecule has 2 amide bonds. The molecule has 2 aromatic heterocycles. The summed E-state index contributed by atoms with van der Waals surface area (Å²) in [5.74, 6) is 0.964. The number of likely N-dealkylation sites (N-methyl/N-ethyl adjacent to an activating group) is 1. The minimum Gasteiger partial charge on any atom is -0.356 e. The van der Waals surface area contributed by atoms with Crippen LogP contribution in [0.2, 0.25) is 5.02 Å². The Labute approximate surface area is 347 Å². The number of carbonyl (C=O) groups excluding carboxylic acids is 2. The Bertz CT molecular complexity index is 1670. The van der Waals surface area contributed by atoms with Crippen molar-refractivity contribution in [2.24, 2.45) is 0 Å². The molecule has 1 aromatic carbocycles. The molecule has 2 aliphatic heterocycles. The summed E-state index contributed by atoms with van der Waals surface area (Å²) in [6.07, 6.45) is 15.7. The van der Waals surface area contributed by atoms with E-state index in [-0.39, 0.29) is 17.9 Å². The average molecular weight is 805 g/mol. The molecule has 0 saturated carbocycles. The number of benzene rings is 1.